The van der Waals surface area contributed by atoms with E-state index in [-0.39, 0.29) is 54.1 Å². The molecule has 11 nitrogen and oxygen atoms in total. The zero-order chi connectivity index (χ0) is 37.2. The number of esters is 1. The maximum Gasteiger partial charge on any atom is 0.331 e. The molecule has 11 atom stereocenters. The zero-order valence-corrected chi connectivity index (χ0v) is 30.6. The second-order valence-electron chi connectivity index (χ2n) is 16.6. The lowest BCUT2D eigenvalue weighted by molar-refractivity contribution is -0.183. The molecule has 0 aliphatic heterocycles. The van der Waals surface area contributed by atoms with Crippen molar-refractivity contribution in [2.45, 2.75) is 122 Å². The number of aromatic hydroxyl groups is 1. The van der Waals surface area contributed by atoms with E-state index in [1.165, 1.54) is 38.5 Å². The number of hydrogen-bond acceptors (Lipinski definition) is 11. The van der Waals surface area contributed by atoms with Crippen molar-refractivity contribution in [1.82, 2.24) is 0 Å². The molecule has 11 heteroatoms. The molecule has 0 heterocycles. The number of ketones is 1. The van der Waals surface area contributed by atoms with Crippen LogP contribution in [0, 0.1) is 34.5 Å². The third kappa shape index (κ3) is 6.27. The Kier molecular flexibility index (Phi) is 10.1. The number of hydrogen-bond donors (Lipinski definition) is 6. The lowest BCUT2D eigenvalue weighted by Gasteiger charge is -2.60. The third-order valence-corrected chi connectivity index (χ3v) is 13.4. The van der Waals surface area contributed by atoms with Crippen LogP contribution in [-0.2, 0) is 14.3 Å². The van der Waals surface area contributed by atoms with Crippen LogP contribution in [0.1, 0.15) is 92.1 Å². The first kappa shape index (κ1) is 38.3. The van der Waals surface area contributed by atoms with Gasteiger partial charge in [0.25, 0.3) is 0 Å². The summed E-state index contributed by atoms with van der Waals surface area (Å²) in [5.41, 5.74) is -4.36. The van der Waals surface area contributed by atoms with E-state index in [0.717, 1.165) is 0 Å². The van der Waals surface area contributed by atoms with Crippen molar-refractivity contribution in [3.8, 4) is 17.2 Å². The molecule has 0 bridgehead atoms. The van der Waals surface area contributed by atoms with Crippen LogP contribution < -0.4 is 9.47 Å². The highest BCUT2D eigenvalue weighted by molar-refractivity contribution is 5.95. The summed E-state index contributed by atoms with van der Waals surface area (Å²) in [7, 11) is 2.80. The molecule has 4 aliphatic carbocycles. The van der Waals surface area contributed by atoms with Gasteiger partial charge in [-0.15, -0.1) is 0 Å². The Hall–Kier alpha value is -2.96. The number of aliphatic hydroxyl groups excluding tert-OH is 2. The number of allylic oxidation sites excluding steroid dienone is 1. The molecule has 3 fully saturated rings. The van der Waals surface area contributed by atoms with Gasteiger partial charge in [-0.1, -0.05) is 20.8 Å². The molecule has 5 rings (SSSR count). The molecule has 1 aromatic rings. The summed E-state index contributed by atoms with van der Waals surface area (Å²) in [6, 6.07) is 3.06. The topological polar surface area (TPSA) is 183 Å². The van der Waals surface area contributed by atoms with Gasteiger partial charge >= 0.3 is 5.97 Å². The molecular formula is C39H56O11. The molecule has 3 saturated carbocycles. The third-order valence-electron chi connectivity index (χ3n) is 13.4. The average Bonchev–Trinajstić information content (AvgIpc) is 3.32. The van der Waals surface area contributed by atoms with Gasteiger partial charge in [-0.05, 0) is 124 Å². The smallest absolute Gasteiger partial charge is 0.331 e. The van der Waals surface area contributed by atoms with Gasteiger partial charge in [0.05, 0.1) is 43.2 Å². The van der Waals surface area contributed by atoms with Crippen LogP contribution in [-0.4, -0.2) is 91.7 Å². The Morgan fingerprint density at radius 1 is 1.06 bits per heavy atom. The van der Waals surface area contributed by atoms with Gasteiger partial charge < -0.3 is 44.8 Å². The minimum atomic E-state index is -1.55. The van der Waals surface area contributed by atoms with Crippen LogP contribution in [0.5, 0.6) is 17.2 Å². The van der Waals surface area contributed by atoms with Crippen LogP contribution in [0.15, 0.2) is 29.9 Å². The molecular weight excluding hydrogens is 644 g/mol. The van der Waals surface area contributed by atoms with E-state index in [0.29, 0.717) is 36.8 Å². The van der Waals surface area contributed by atoms with Crippen molar-refractivity contribution in [1.29, 1.82) is 0 Å². The van der Waals surface area contributed by atoms with E-state index in [9.17, 15) is 40.2 Å². The second kappa shape index (κ2) is 13.2. The van der Waals surface area contributed by atoms with Crippen LogP contribution in [0.2, 0.25) is 0 Å². The van der Waals surface area contributed by atoms with E-state index < -0.39 is 63.8 Å². The maximum atomic E-state index is 13.9. The van der Waals surface area contributed by atoms with Crippen molar-refractivity contribution in [3.05, 3.63) is 35.4 Å². The van der Waals surface area contributed by atoms with Gasteiger partial charge in [-0.2, -0.15) is 0 Å². The number of fused-ring (bicyclic) bond motifs is 5. The Morgan fingerprint density at radius 3 is 2.26 bits per heavy atom. The lowest BCUT2D eigenvalue weighted by atomic mass is 9.45. The largest absolute Gasteiger partial charge is 0.502 e. The number of benzene rings is 1. The summed E-state index contributed by atoms with van der Waals surface area (Å²) >= 11 is 0. The highest BCUT2D eigenvalue weighted by atomic mass is 16.6. The molecule has 4 aliphatic rings. The first-order chi connectivity index (χ1) is 23.1. The van der Waals surface area contributed by atoms with Crippen LogP contribution in [0.4, 0.5) is 0 Å². The van der Waals surface area contributed by atoms with Gasteiger partial charge in [-0.3, -0.25) is 4.79 Å². The number of carbonyl (C=O) groups excluding carboxylic acids is 2. The van der Waals surface area contributed by atoms with Gasteiger partial charge in [0.2, 0.25) is 5.75 Å². The summed E-state index contributed by atoms with van der Waals surface area (Å²) in [6.45, 7) is 10.7. The molecule has 0 radical (unpaired) electrons. The van der Waals surface area contributed by atoms with Crippen molar-refractivity contribution in [2.24, 2.45) is 34.5 Å². The fourth-order valence-electron chi connectivity index (χ4n) is 9.88. The highest BCUT2D eigenvalue weighted by Gasteiger charge is 2.69. The Bertz CT molecular complexity index is 1520. The Morgan fingerprint density at radius 2 is 1.68 bits per heavy atom. The SMILES string of the molecule is COc1cc(/C=C/C(=O)O[C@@H]2C[C@H]3C(=O)C=C4[C@H](CC[C@]5(C)[C@@H]([C@@](C)(O)[C@H](O)C[C@@H](C)C(C)(C)O)CC[C@@]45O)[C@@]3(C)C[C@@H]2O)cc(OC)c1O. The predicted molar refractivity (Wildman–Crippen MR) is 185 cm³/mol. The number of ether oxygens (including phenoxy) is 3. The summed E-state index contributed by atoms with van der Waals surface area (Å²) in [4.78, 5) is 26.9. The summed E-state index contributed by atoms with van der Waals surface area (Å²) in [5.74, 6) is -2.21. The fraction of sp³-hybridized carbons (Fsp3) is 0.692. The van der Waals surface area contributed by atoms with Crippen molar-refractivity contribution < 1.29 is 54.4 Å². The van der Waals surface area contributed by atoms with Crippen molar-refractivity contribution in [3.63, 3.8) is 0 Å². The average molecular weight is 701 g/mol. The molecule has 50 heavy (non-hydrogen) atoms. The van der Waals surface area contributed by atoms with Gasteiger partial charge in [0.1, 0.15) is 6.10 Å². The summed E-state index contributed by atoms with van der Waals surface area (Å²) in [6.07, 6.45) is 3.61. The molecule has 6 N–H and O–H groups in total. The van der Waals surface area contributed by atoms with E-state index >= 15 is 0 Å². The fourth-order valence-corrected chi connectivity index (χ4v) is 9.88. The number of phenolic OH excluding ortho intramolecular Hbond substituents is 1. The number of carbonyl (C=O) groups is 2. The van der Waals surface area contributed by atoms with Crippen molar-refractivity contribution >= 4 is 17.8 Å². The zero-order valence-electron chi connectivity index (χ0n) is 30.6. The standard InChI is InChI=1S/C39H56O11/c1-21(35(2,3)45)15-32(42)38(6,46)31-12-14-39(47)24-18-26(40)25-19-28(27(41)20-36(25,4)23(24)11-13-37(31,39)5)50-33(43)10-9-22-16-29(48-7)34(44)30(17-22)49-8/h9-10,16-18,21,23,25,27-28,31-32,41-42,44-47H,11-15,19-20H2,1-8H3/b10-9+/t21-,23+,25+,27+,28-,31+,32-,36-,37-,38-,39-/m1/s1. The Labute approximate surface area is 295 Å². The maximum absolute atomic E-state index is 13.9. The summed E-state index contributed by atoms with van der Waals surface area (Å²) < 4.78 is 16.0. The van der Waals surface area contributed by atoms with E-state index in [1.807, 2.05) is 20.8 Å². The number of rotatable bonds is 10. The van der Waals surface area contributed by atoms with Crippen LogP contribution in [0.3, 0.4) is 0 Å². The molecule has 0 spiro atoms. The first-order valence-corrected chi connectivity index (χ1v) is 17.8. The molecule has 278 valence electrons. The molecule has 1 aromatic carbocycles. The monoisotopic (exact) mass is 700 g/mol. The van der Waals surface area contributed by atoms with Crippen LogP contribution in [0.25, 0.3) is 6.08 Å². The van der Waals surface area contributed by atoms with Crippen molar-refractivity contribution in [2.75, 3.05) is 14.2 Å². The van der Waals surface area contributed by atoms with E-state index in [2.05, 4.69) is 0 Å². The van der Waals surface area contributed by atoms with Crippen LogP contribution >= 0.6 is 0 Å². The minimum Gasteiger partial charge on any atom is -0.502 e. The number of phenols is 1. The summed E-state index contributed by atoms with van der Waals surface area (Å²) in [5, 5.41) is 67.7. The molecule has 0 aromatic heterocycles. The lowest BCUT2D eigenvalue weighted by Crippen LogP contribution is -2.63. The molecule has 0 saturated heterocycles. The Balaban J connectivity index is 1.34. The predicted octanol–water partition coefficient (Wildman–Crippen LogP) is 4.09. The number of aliphatic hydroxyl groups is 5. The first-order valence-electron chi connectivity index (χ1n) is 17.8. The van der Waals surface area contributed by atoms with E-state index in [1.54, 1.807) is 26.8 Å². The van der Waals surface area contributed by atoms with Gasteiger partial charge in [-0.25, -0.2) is 4.79 Å². The van der Waals surface area contributed by atoms with Gasteiger partial charge in [0, 0.05) is 17.4 Å². The highest BCUT2D eigenvalue weighted by Crippen LogP contribution is 2.68. The molecule has 0 unspecified atom stereocenters. The quantitative estimate of drug-likeness (QED) is 0.153. The normalized spacial score (nSPS) is 36.4. The number of methoxy groups -OCH3 is 2. The second-order valence-corrected chi connectivity index (χ2v) is 16.6. The van der Waals surface area contributed by atoms with Gasteiger partial charge in [0.15, 0.2) is 17.3 Å². The minimum absolute atomic E-state index is 0.135. The molecule has 0 amide bonds. The van der Waals surface area contributed by atoms with E-state index in [4.69, 9.17) is 14.2 Å².